The number of piperidine rings is 1. The Morgan fingerprint density at radius 1 is 1.20 bits per heavy atom. The van der Waals surface area contributed by atoms with Gasteiger partial charge in [-0.1, -0.05) is 12.1 Å². The lowest BCUT2D eigenvalue weighted by molar-refractivity contribution is 0.139. The van der Waals surface area contributed by atoms with E-state index in [9.17, 15) is 4.39 Å². The summed E-state index contributed by atoms with van der Waals surface area (Å²) >= 11 is 1.54. The predicted molar refractivity (Wildman–Crippen MR) is 116 cm³/mol. The smallest absolute Gasteiger partial charge is 0.220 e. The van der Waals surface area contributed by atoms with Crippen molar-refractivity contribution in [3.05, 3.63) is 65.6 Å². The van der Waals surface area contributed by atoms with Crippen molar-refractivity contribution in [2.75, 3.05) is 18.8 Å². The summed E-state index contributed by atoms with van der Waals surface area (Å²) in [5.74, 6) is 0.710. The molecular formula is C22H20FN5OS. The number of ether oxygens (including phenoxy) is 1. The molecule has 5 rings (SSSR count). The topological polar surface area (TPSA) is 86.0 Å². The van der Waals surface area contributed by atoms with E-state index in [-0.39, 0.29) is 23.8 Å². The normalized spacial score (nSPS) is 19.1. The van der Waals surface area contributed by atoms with Gasteiger partial charge in [-0.05, 0) is 36.7 Å². The number of aromatic nitrogens is 3. The van der Waals surface area contributed by atoms with Gasteiger partial charge in [0, 0.05) is 41.7 Å². The number of thiazole rings is 1. The molecule has 0 amide bonds. The maximum atomic E-state index is 13.8. The number of rotatable bonds is 4. The van der Waals surface area contributed by atoms with E-state index in [1.54, 1.807) is 35.9 Å². The van der Waals surface area contributed by atoms with Crippen LogP contribution in [-0.4, -0.2) is 34.1 Å². The molecule has 0 aliphatic carbocycles. The molecule has 8 heteroatoms. The molecule has 3 N–H and O–H groups in total. The minimum Gasteiger partial charge on any atom is -0.489 e. The van der Waals surface area contributed by atoms with Crippen LogP contribution in [0.25, 0.3) is 21.5 Å². The predicted octanol–water partition coefficient (Wildman–Crippen LogP) is 4.00. The highest BCUT2D eigenvalue weighted by atomic mass is 32.1. The third-order valence-electron chi connectivity index (χ3n) is 5.34. The fourth-order valence-electron chi connectivity index (χ4n) is 3.90. The number of hydrogen-bond acceptors (Lipinski definition) is 7. The first-order valence-corrected chi connectivity index (χ1v) is 10.6. The molecule has 0 bridgehead atoms. The first-order valence-electron chi connectivity index (χ1n) is 9.76. The third kappa shape index (κ3) is 3.71. The monoisotopic (exact) mass is 421 g/mol. The molecule has 1 aliphatic rings. The summed E-state index contributed by atoms with van der Waals surface area (Å²) in [5.41, 5.74) is 8.32. The average molecular weight is 422 g/mol. The van der Waals surface area contributed by atoms with Crippen LogP contribution in [0.1, 0.15) is 17.9 Å². The minimum absolute atomic E-state index is 0.0322. The molecule has 3 heterocycles. The third-order valence-corrected chi connectivity index (χ3v) is 6.14. The Balaban J connectivity index is 1.56. The van der Waals surface area contributed by atoms with Gasteiger partial charge in [0.05, 0.1) is 11.1 Å². The van der Waals surface area contributed by atoms with E-state index in [1.165, 1.54) is 6.07 Å². The summed E-state index contributed by atoms with van der Waals surface area (Å²) in [7, 11) is 0. The Hall–Kier alpha value is -3.10. The molecule has 6 nitrogen and oxygen atoms in total. The van der Waals surface area contributed by atoms with Crippen LogP contribution >= 0.6 is 11.3 Å². The summed E-state index contributed by atoms with van der Waals surface area (Å²) in [6, 6.07) is 10.6. The molecule has 0 spiro atoms. The Bertz CT molecular complexity index is 1180. The SMILES string of the molecule is Nc1ncc2cc(-c3nccs3)c(OC3CCNCC3c3cccc(F)c3)cc2n1. The summed E-state index contributed by atoms with van der Waals surface area (Å²) < 4.78 is 20.4. The second-order valence-corrected chi connectivity index (χ2v) is 8.18. The van der Waals surface area contributed by atoms with Crippen molar-refractivity contribution in [1.29, 1.82) is 0 Å². The van der Waals surface area contributed by atoms with Crippen molar-refractivity contribution < 1.29 is 9.13 Å². The van der Waals surface area contributed by atoms with Gasteiger partial charge < -0.3 is 15.8 Å². The maximum Gasteiger partial charge on any atom is 0.220 e. The lowest BCUT2D eigenvalue weighted by Gasteiger charge is -2.33. The first-order chi connectivity index (χ1) is 14.7. The highest BCUT2D eigenvalue weighted by Crippen LogP contribution is 2.38. The van der Waals surface area contributed by atoms with Crippen molar-refractivity contribution in [1.82, 2.24) is 20.3 Å². The van der Waals surface area contributed by atoms with Crippen LogP contribution in [0.4, 0.5) is 10.3 Å². The molecule has 30 heavy (non-hydrogen) atoms. The van der Waals surface area contributed by atoms with E-state index in [2.05, 4.69) is 20.3 Å². The molecule has 2 aromatic heterocycles. The standard InChI is InChI=1S/C22H20FN5OS/c23-15-3-1-2-13(8-15)17-12-25-5-4-19(17)29-20-10-18-14(11-27-22(24)28-18)9-16(20)21-26-6-7-30-21/h1-3,6-11,17,19,25H,4-5,12H2,(H2,24,27,28). The number of hydrogen-bond donors (Lipinski definition) is 2. The van der Waals surface area contributed by atoms with Crippen LogP contribution in [0, 0.1) is 5.82 Å². The number of nitrogens with zero attached hydrogens (tertiary/aromatic N) is 3. The van der Waals surface area contributed by atoms with Crippen LogP contribution in [-0.2, 0) is 0 Å². The molecule has 2 aromatic carbocycles. The molecule has 4 aromatic rings. The summed E-state index contributed by atoms with van der Waals surface area (Å²) in [6.45, 7) is 1.56. The molecule has 152 valence electrons. The van der Waals surface area contributed by atoms with Gasteiger partial charge >= 0.3 is 0 Å². The van der Waals surface area contributed by atoms with E-state index in [4.69, 9.17) is 10.5 Å². The fourth-order valence-corrected chi connectivity index (χ4v) is 4.56. The van der Waals surface area contributed by atoms with Crippen LogP contribution in [0.3, 0.4) is 0 Å². The van der Waals surface area contributed by atoms with E-state index >= 15 is 0 Å². The van der Waals surface area contributed by atoms with Gasteiger partial charge in [-0.2, -0.15) is 0 Å². The van der Waals surface area contributed by atoms with E-state index in [0.717, 1.165) is 41.0 Å². The maximum absolute atomic E-state index is 13.8. The van der Waals surface area contributed by atoms with Gasteiger partial charge in [0.2, 0.25) is 5.95 Å². The van der Waals surface area contributed by atoms with Crippen LogP contribution in [0.5, 0.6) is 5.75 Å². The zero-order valence-corrected chi connectivity index (χ0v) is 16.9. The second-order valence-electron chi connectivity index (χ2n) is 7.28. The number of benzene rings is 2. The molecule has 0 saturated carbocycles. The lowest BCUT2D eigenvalue weighted by Crippen LogP contribution is -2.41. The minimum atomic E-state index is -0.238. The van der Waals surface area contributed by atoms with Crippen molar-refractivity contribution in [2.24, 2.45) is 0 Å². The Labute approximate surface area is 177 Å². The molecule has 0 radical (unpaired) electrons. The number of nitrogen functional groups attached to an aromatic ring is 1. The number of anilines is 1. The van der Waals surface area contributed by atoms with Crippen molar-refractivity contribution >= 4 is 28.2 Å². The number of nitrogens with two attached hydrogens (primary N) is 1. The highest BCUT2D eigenvalue weighted by molar-refractivity contribution is 7.13. The van der Waals surface area contributed by atoms with Gasteiger partial charge in [0.1, 0.15) is 22.7 Å². The number of nitrogens with one attached hydrogen (secondary N) is 1. The van der Waals surface area contributed by atoms with Gasteiger partial charge in [-0.15, -0.1) is 11.3 Å². The van der Waals surface area contributed by atoms with E-state index in [0.29, 0.717) is 11.3 Å². The van der Waals surface area contributed by atoms with Gasteiger partial charge in [0.25, 0.3) is 0 Å². The number of halogens is 1. The first kappa shape index (κ1) is 18.9. The van der Waals surface area contributed by atoms with Crippen LogP contribution < -0.4 is 15.8 Å². The van der Waals surface area contributed by atoms with Gasteiger partial charge in [-0.25, -0.2) is 19.3 Å². The number of fused-ring (bicyclic) bond motifs is 1. The zero-order chi connectivity index (χ0) is 20.5. The Morgan fingerprint density at radius 2 is 2.13 bits per heavy atom. The second kappa shape index (κ2) is 7.97. The molecule has 1 aliphatic heterocycles. The van der Waals surface area contributed by atoms with Crippen molar-refractivity contribution in [2.45, 2.75) is 18.4 Å². The molecule has 2 atom stereocenters. The van der Waals surface area contributed by atoms with Crippen molar-refractivity contribution in [3.63, 3.8) is 0 Å². The zero-order valence-electron chi connectivity index (χ0n) is 16.1. The summed E-state index contributed by atoms with van der Waals surface area (Å²) in [4.78, 5) is 12.9. The van der Waals surface area contributed by atoms with Crippen LogP contribution in [0.2, 0.25) is 0 Å². The van der Waals surface area contributed by atoms with E-state index in [1.807, 2.05) is 23.6 Å². The van der Waals surface area contributed by atoms with Gasteiger partial charge in [0.15, 0.2) is 0 Å². The van der Waals surface area contributed by atoms with Gasteiger partial charge in [-0.3, -0.25) is 0 Å². The fraction of sp³-hybridized carbons (Fsp3) is 0.227. The lowest BCUT2D eigenvalue weighted by atomic mass is 9.88. The largest absolute Gasteiger partial charge is 0.489 e. The summed E-state index contributed by atoms with van der Waals surface area (Å²) in [6.07, 6.45) is 4.18. The molecule has 2 unspecified atom stereocenters. The summed E-state index contributed by atoms with van der Waals surface area (Å²) in [5, 5.41) is 7.06. The van der Waals surface area contributed by atoms with Crippen LogP contribution in [0.15, 0.2) is 54.2 Å². The Morgan fingerprint density at radius 3 is 2.97 bits per heavy atom. The molecular weight excluding hydrogens is 401 g/mol. The quantitative estimate of drug-likeness (QED) is 0.518. The average Bonchev–Trinajstić information content (AvgIpc) is 3.28. The molecule has 1 fully saturated rings. The van der Waals surface area contributed by atoms with Crippen molar-refractivity contribution in [3.8, 4) is 16.3 Å². The highest BCUT2D eigenvalue weighted by Gasteiger charge is 2.29. The van der Waals surface area contributed by atoms with E-state index < -0.39 is 0 Å². The Kier molecular flexibility index (Phi) is 5.02. The molecule has 1 saturated heterocycles.